The van der Waals surface area contributed by atoms with Gasteiger partial charge in [0.05, 0.1) is 6.04 Å². The Bertz CT molecular complexity index is 378. The molecule has 6 N–H and O–H groups in total. The van der Waals surface area contributed by atoms with E-state index in [2.05, 4.69) is 0 Å². The van der Waals surface area contributed by atoms with E-state index in [1.807, 2.05) is 0 Å². The van der Waals surface area contributed by atoms with Crippen LogP contribution in [0.25, 0.3) is 0 Å². The molecule has 0 unspecified atom stereocenters. The summed E-state index contributed by atoms with van der Waals surface area (Å²) in [4.78, 5) is 47.7. The predicted octanol–water partition coefficient (Wildman–Crippen LogP) is -0.541. The van der Waals surface area contributed by atoms with Crippen molar-refractivity contribution in [2.45, 2.75) is 26.3 Å². The van der Waals surface area contributed by atoms with Gasteiger partial charge in [0.25, 0.3) is 0 Å². The van der Waals surface area contributed by atoms with Gasteiger partial charge in [-0.1, -0.05) is 13.8 Å². The van der Waals surface area contributed by atoms with Crippen LogP contribution in [0.3, 0.4) is 0 Å². The maximum Gasteiger partial charge on any atom is 0.339 e. The Labute approximate surface area is 111 Å². The molecular weight excluding hydrogens is 298 g/mol. The molecule has 19 heavy (non-hydrogen) atoms. The summed E-state index contributed by atoms with van der Waals surface area (Å²) in [5, 5.41) is 0. The highest BCUT2D eigenvalue weighted by molar-refractivity contribution is 7.52. The van der Waals surface area contributed by atoms with Crippen LogP contribution in [0, 0.1) is 5.92 Å². The molecule has 114 valence electrons. The Morgan fingerprint density at radius 2 is 1.47 bits per heavy atom. The Hall–Kier alpha value is -0.270. The van der Waals surface area contributed by atoms with Gasteiger partial charge >= 0.3 is 15.2 Å². The van der Waals surface area contributed by atoms with Gasteiger partial charge in [-0.2, -0.15) is 0 Å². The Morgan fingerprint density at radius 3 is 1.68 bits per heavy atom. The van der Waals surface area contributed by atoms with E-state index in [-0.39, 0.29) is 12.3 Å². The highest BCUT2D eigenvalue weighted by atomic mass is 31.2. The summed E-state index contributed by atoms with van der Waals surface area (Å²) in [6.07, 6.45) is -1.72. The van der Waals surface area contributed by atoms with Crippen LogP contribution in [0.5, 0.6) is 0 Å². The second kappa shape index (κ2) is 6.95. The summed E-state index contributed by atoms with van der Waals surface area (Å²) in [6.45, 7) is 3.51. The zero-order valence-electron chi connectivity index (χ0n) is 10.7. The molecule has 0 aliphatic rings. The van der Waals surface area contributed by atoms with E-state index in [1.165, 1.54) is 0 Å². The Kier molecular flexibility index (Phi) is 6.85. The molecule has 0 bridgehead atoms. The van der Waals surface area contributed by atoms with Crippen molar-refractivity contribution in [3.8, 4) is 0 Å². The molecule has 0 saturated heterocycles. The molecule has 0 fully saturated rings. The van der Waals surface area contributed by atoms with E-state index in [4.69, 9.17) is 25.3 Å². The molecule has 0 radical (unpaired) electrons. The lowest BCUT2D eigenvalue weighted by Gasteiger charge is -2.30. The Morgan fingerprint density at radius 1 is 1.11 bits per heavy atom. The van der Waals surface area contributed by atoms with Gasteiger partial charge in [-0.05, 0) is 12.3 Å². The first-order chi connectivity index (χ1) is 8.32. The maximum atomic E-state index is 11.3. The standard InChI is InChI=1S/C8H20N2O7P2/c1-6(2)3-7(8(9)11)10(4-18(12,13)14)5-19(15,16)17/h6-7H,3-5H2,1-2H3,(H2,9,11)(H2,12,13,14)(H2,15,16,17)/t7-/m0/s1. The molecule has 0 saturated carbocycles. The third-order valence-corrected chi connectivity index (χ3v) is 3.66. The van der Waals surface area contributed by atoms with Gasteiger partial charge in [-0.15, -0.1) is 0 Å². The smallest absolute Gasteiger partial charge is 0.339 e. The Balaban J connectivity index is 5.21. The minimum Gasteiger partial charge on any atom is -0.368 e. The van der Waals surface area contributed by atoms with Gasteiger partial charge < -0.3 is 25.3 Å². The van der Waals surface area contributed by atoms with Gasteiger partial charge in [0.1, 0.15) is 12.6 Å². The lowest BCUT2D eigenvalue weighted by atomic mass is 10.0. The van der Waals surface area contributed by atoms with Gasteiger partial charge in [-0.3, -0.25) is 18.8 Å². The molecule has 0 aliphatic heterocycles. The first-order valence-electron chi connectivity index (χ1n) is 5.44. The van der Waals surface area contributed by atoms with Crippen LogP contribution < -0.4 is 5.73 Å². The van der Waals surface area contributed by atoms with Crippen molar-refractivity contribution in [1.29, 1.82) is 0 Å². The third-order valence-electron chi connectivity index (χ3n) is 2.20. The average Bonchev–Trinajstić information content (AvgIpc) is 2.07. The lowest BCUT2D eigenvalue weighted by molar-refractivity contribution is -0.123. The molecule has 1 atom stereocenters. The molecule has 0 rings (SSSR count). The van der Waals surface area contributed by atoms with Crippen molar-refractivity contribution in [1.82, 2.24) is 4.90 Å². The van der Waals surface area contributed by atoms with Crippen molar-refractivity contribution < 1.29 is 33.5 Å². The number of amides is 1. The van der Waals surface area contributed by atoms with Crippen LogP contribution in [0.15, 0.2) is 0 Å². The second-order valence-electron chi connectivity index (χ2n) is 4.75. The summed E-state index contributed by atoms with van der Waals surface area (Å²) in [7, 11) is -9.14. The minimum atomic E-state index is -4.57. The van der Waals surface area contributed by atoms with Gasteiger partial charge in [0.15, 0.2) is 0 Å². The van der Waals surface area contributed by atoms with E-state index in [1.54, 1.807) is 13.8 Å². The monoisotopic (exact) mass is 318 g/mol. The number of rotatable bonds is 8. The van der Waals surface area contributed by atoms with Gasteiger partial charge in [-0.25, -0.2) is 0 Å². The van der Waals surface area contributed by atoms with Crippen LogP contribution in [0.2, 0.25) is 0 Å². The van der Waals surface area contributed by atoms with Crippen molar-refractivity contribution >= 4 is 21.1 Å². The molecule has 0 aliphatic carbocycles. The molecule has 0 aromatic carbocycles. The molecule has 0 heterocycles. The first kappa shape index (κ1) is 18.7. The number of carbonyl (C=O) groups excluding carboxylic acids is 1. The molecule has 9 nitrogen and oxygen atoms in total. The van der Waals surface area contributed by atoms with Crippen LogP contribution >= 0.6 is 15.2 Å². The summed E-state index contributed by atoms with van der Waals surface area (Å²) >= 11 is 0. The number of nitrogens with zero attached hydrogens (tertiary/aromatic N) is 1. The fraction of sp³-hybridized carbons (Fsp3) is 0.875. The number of hydrogen-bond donors (Lipinski definition) is 5. The first-order valence-corrected chi connectivity index (χ1v) is 9.04. The highest BCUT2D eigenvalue weighted by Gasteiger charge is 2.34. The van der Waals surface area contributed by atoms with E-state index < -0.39 is 39.7 Å². The lowest BCUT2D eigenvalue weighted by Crippen LogP contribution is -2.46. The summed E-state index contributed by atoms with van der Waals surface area (Å²) in [5.41, 5.74) is 5.14. The number of hydrogen-bond acceptors (Lipinski definition) is 4. The van der Waals surface area contributed by atoms with Gasteiger partial charge in [0.2, 0.25) is 5.91 Å². The molecule has 1 amide bonds. The van der Waals surface area contributed by atoms with Crippen molar-refractivity contribution in [2.24, 2.45) is 11.7 Å². The number of nitrogens with two attached hydrogens (primary N) is 1. The van der Waals surface area contributed by atoms with E-state index in [0.717, 1.165) is 4.90 Å². The summed E-state index contributed by atoms with van der Waals surface area (Å²) in [6, 6.07) is -1.14. The van der Waals surface area contributed by atoms with E-state index in [0.29, 0.717) is 0 Å². The van der Waals surface area contributed by atoms with Crippen LogP contribution in [0.4, 0.5) is 0 Å². The van der Waals surface area contributed by atoms with Crippen molar-refractivity contribution in [3.63, 3.8) is 0 Å². The van der Waals surface area contributed by atoms with Gasteiger partial charge in [0, 0.05) is 0 Å². The number of carbonyl (C=O) groups is 1. The van der Waals surface area contributed by atoms with Crippen LogP contribution in [0.1, 0.15) is 20.3 Å². The fourth-order valence-corrected chi connectivity index (χ4v) is 3.31. The SMILES string of the molecule is CC(C)C[C@@H](C(N)=O)N(CP(=O)(O)O)CP(=O)(O)O. The zero-order chi connectivity index (χ0) is 15.4. The molecular formula is C8H20N2O7P2. The molecule has 0 aromatic heterocycles. The normalized spacial score (nSPS) is 14.9. The third kappa shape index (κ3) is 9.29. The van der Waals surface area contributed by atoms with E-state index in [9.17, 15) is 13.9 Å². The van der Waals surface area contributed by atoms with E-state index >= 15 is 0 Å². The molecule has 0 spiro atoms. The fourth-order valence-electron chi connectivity index (χ4n) is 1.61. The largest absolute Gasteiger partial charge is 0.368 e. The minimum absolute atomic E-state index is 0.0338. The molecule has 11 heteroatoms. The summed E-state index contributed by atoms with van der Waals surface area (Å²) < 4.78 is 22.0. The maximum absolute atomic E-state index is 11.3. The van der Waals surface area contributed by atoms with Crippen LogP contribution in [-0.4, -0.2) is 49.0 Å². The second-order valence-corrected chi connectivity index (χ2v) is 7.97. The van der Waals surface area contributed by atoms with Crippen molar-refractivity contribution in [3.05, 3.63) is 0 Å². The predicted molar refractivity (Wildman–Crippen MR) is 68.1 cm³/mol. The quantitative estimate of drug-likeness (QED) is 0.373. The average molecular weight is 318 g/mol. The topological polar surface area (TPSA) is 161 Å². The van der Waals surface area contributed by atoms with Crippen molar-refractivity contribution in [2.75, 3.05) is 12.6 Å². The zero-order valence-corrected chi connectivity index (χ0v) is 12.5. The highest BCUT2D eigenvalue weighted by Crippen LogP contribution is 2.42. The number of primary amides is 1. The molecule has 0 aromatic rings. The summed E-state index contributed by atoms with van der Waals surface area (Å²) in [5.74, 6) is -0.913. The van der Waals surface area contributed by atoms with Crippen LogP contribution in [-0.2, 0) is 13.9 Å².